The lowest BCUT2D eigenvalue weighted by atomic mass is 9.76. The first-order valence-electron chi connectivity index (χ1n) is 15.6. The average Bonchev–Trinajstić information content (AvgIpc) is 3.02. The molecular formula is C32H42Cl2N4O5S. The van der Waals surface area contributed by atoms with Gasteiger partial charge >= 0.3 is 0 Å². The van der Waals surface area contributed by atoms with Crippen molar-refractivity contribution in [3.63, 3.8) is 0 Å². The molecule has 0 spiro atoms. The Balaban J connectivity index is 1.14. The lowest BCUT2D eigenvalue weighted by molar-refractivity contribution is -0.131. The number of ether oxygens (including phenoxy) is 1. The number of morpholine rings is 1. The summed E-state index contributed by atoms with van der Waals surface area (Å²) in [6.45, 7) is 4.23. The molecule has 2 atom stereocenters. The van der Waals surface area contributed by atoms with Gasteiger partial charge in [-0.15, -0.1) is 0 Å². The highest BCUT2D eigenvalue weighted by Gasteiger charge is 2.40. The zero-order valence-corrected chi connectivity index (χ0v) is 27.3. The fourth-order valence-corrected chi connectivity index (χ4v) is 9.19. The maximum Gasteiger partial charge on any atom is 0.245 e. The number of nitrogens with one attached hydrogen (secondary N) is 2. The molecule has 12 heteroatoms. The molecule has 2 unspecified atom stereocenters. The molecule has 44 heavy (non-hydrogen) atoms. The lowest BCUT2D eigenvalue weighted by Gasteiger charge is -2.42. The number of piperazine rings is 1. The monoisotopic (exact) mass is 664 g/mol. The Morgan fingerprint density at radius 1 is 1.02 bits per heavy atom. The smallest absolute Gasteiger partial charge is 0.245 e. The second-order valence-electron chi connectivity index (χ2n) is 12.0. The van der Waals surface area contributed by atoms with Crippen molar-refractivity contribution in [1.82, 2.24) is 19.8 Å². The topological polar surface area (TPSA) is 108 Å². The van der Waals surface area contributed by atoms with E-state index in [0.29, 0.717) is 29.4 Å². The average molecular weight is 666 g/mol. The van der Waals surface area contributed by atoms with E-state index >= 15 is 0 Å². The minimum absolute atomic E-state index is 0.0294. The van der Waals surface area contributed by atoms with Gasteiger partial charge in [0.25, 0.3) is 0 Å². The quantitative estimate of drug-likeness (QED) is 0.374. The van der Waals surface area contributed by atoms with E-state index in [1.54, 1.807) is 0 Å². The van der Waals surface area contributed by atoms with Crippen molar-refractivity contribution < 1.29 is 22.7 Å². The van der Waals surface area contributed by atoms with Crippen LogP contribution in [0.25, 0.3) is 0 Å². The van der Waals surface area contributed by atoms with Crippen molar-refractivity contribution in [2.24, 2.45) is 11.8 Å². The molecule has 9 nitrogen and oxygen atoms in total. The van der Waals surface area contributed by atoms with E-state index in [4.69, 9.17) is 27.9 Å². The van der Waals surface area contributed by atoms with Crippen LogP contribution in [-0.4, -0.2) is 87.5 Å². The zero-order valence-electron chi connectivity index (χ0n) is 24.9. The number of benzene rings is 2. The molecule has 3 fully saturated rings. The van der Waals surface area contributed by atoms with Crippen LogP contribution in [0.3, 0.4) is 0 Å². The molecule has 5 rings (SSSR count). The summed E-state index contributed by atoms with van der Waals surface area (Å²) in [5, 5.41) is 5.96. The molecule has 2 aromatic carbocycles. The number of rotatable bonds is 11. The van der Waals surface area contributed by atoms with Crippen molar-refractivity contribution in [3.8, 4) is 0 Å². The standard InChI is InChI=1S/C32H42Cl2N4O5S/c33-26-11-13-30(27(34)20-26)44(41,42)38-15-14-35-32(40)29(38)21-31(39)36-22-24-6-9-25(10-7-24)28(37-16-18-43-19-17-37)12-8-23-4-2-1-3-5-23/h1-5,11,13,20,24-25,28-29H,6-10,12,14-19,21-22H2,(H,35,40)(H,36,39). The van der Waals surface area contributed by atoms with Gasteiger partial charge in [-0.05, 0) is 74.1 Å². The van der Waals surface area contributed by atoms with Gasteiger partial charge in [-0.3, -0.25) is 14.5 Å². The first-order valence-corrected chi connectivity index (χ1v) is 17.8. The summed E-state index contributed by atoms with van der Waals surface area (Å²) < 4.78 is 33.6. The van der Waals surface area contributed by atoms with Crippen LogP contribution in [0.1, 0.15) is 44.1 Å². The van der Waals surface area contributed by atoms with Crippen LogP contribution < -0.4 is 10.6 Å². The first kappa shape index (κ1) is 33.2. The van der Waals surface area contributed by atoms with E-state index in [9.17, 15) is 18.0 Å². The van der Waals surface area contributed by atoms with Crippen LogP contribution in [0, 0.1) is 11.8 Å². The Morgan fingerprint density at radius 3 is 2.45 bits per heavy atom. The van der Waals surface area contributed by atoms with Crippen molar-refractivity contribution >= 4 is 45.0 Å². The van der Waals surface area contributed by atoms with Gasteiger partial charge in [0.05, 0.1) is 24.7 Å². The molecule has 3 aliphatic rings. The second kappa shape index (κ2) is 15.4. The van der Waals surface area contributed by atoms with Gasteiger partial charge in [-0.25, -0.2) is 8.42 Å². The number of hydrogen-bond donors (Lipinski definition) is 2. The van der Waals surface area contributed by atoms with Crippen molar-refractivity contribution in [3.05, 3.63) is 64.1 Å². The summed E-state index contributed by atoms with van der Waals surface area (Å²) in [6, 6.07) is 14.1. The third-order valence-corrected chi connectivity index (χ3v) is 11.9. The summed E-state index contributed by atoms with van der Waals surface area (Å²) in [7, 11) is -4.13. The number of aryl methyl sites for hydroxylation is 1. The SMILES string of the molecule is O=C(CC1C(=O)NCCN1S(=O)(=O)c1ccc(Cl)cc1Cl)NCC1CCC(C(CCc2ccccc2)N2CCOCC2)CC1. The molecule has 0 bridgehead atoms. The van der Waals surface area contributed by atoms with Gasteiger partial charge in [0.15, 0.2) is 0 Å². The molecule has 2 heterocycles. The van der Waals surface area contributed by atoms with Gasteiger partial charge < -0.3 is 15.4 Å². The van der Waals surface area contributed by atoms with Gasteiger partial charge in [0.1, 0.15) is 10.9 Å². The van der Waals surface area contributed by atoms with E-state index in [1.165, 1.54) is 23.8 Å². The number of hydrogen-bond acceptors (Lipinski definition) is 6. The highest BCUT2D eigenvalue weighted by Crippen LogP contribution is 2.35. The van der Waals surface area contributed by atoms with Gasteiger partial charge in [0.2, 0.25) is 21.8 Å². The molecule has 2 aromatic rings. The number of amides is 2. The molecule has 1 saturated carbocycles. The molecule has 2 amide bonds. The van der Waals surface area contributed by atoms with Gasteiger partial charge in [0, 0.05) is 43.8 Å². The fraction of sp³-hybridized carbons (Fsp3) is 0.562. The number of carbonyl (C=O) groups is 2. The van der Waals surface area contributed by atoms with Crippen molar-refractivity contribution in [2.75, 3.05) is 45.9 Å². The second-order valence-corrected chi connectivity index (χ2v) is 14.7. The number of halogens is 2. The Labute approximate surface area is 270 Å². The molecule has 240 valence electrons. The highest BCUT2D eigenvalue weighted by atomic mass is 35.5. The first-order chi connectivity index (χ1) is 21.2. The summed E-state index contributed by atoms with van der Waals surface area (Å²) in [5.74, 6) is 0.117. The summed E-state index contributed by atoms with van der Waals surface area (Å²) in [4.78, 5) is 28.3. The van der Waals surface area contributed by atoms with Gasteiger partial charge in [-0.1, -0.05) is 53.5 Å². The highest BCUT2D eigenvalue weighted by molar-refractivity contribution is 7.89. The molecule has 2 N–H and O–H groups in total. The van der Waals surface area contributed by atoms with E-state index in [-0.39, 0.29) is 35.3 Å². The Morgan fingerprint density at radius 2 is 1.75 bits per heavy atom. The van der Waals surface area contributed by atoms with Crippen LogP contribution in [0.5, 0.6) is 0 Å². The Kier molecular flexibility index (Phi) is 11.6. The van der Waals surface area contributed by atoms with E-state index in [0.717, 1.165) is 69.1 Å². The predicted molar refractivity (Wildman–Crippen MR) is 171 cm³/mol. The minimum atomic E-state index is -4.13. The molecule has 2 saturated heterocycles. The van der Waals surface area contributed by atoms with Crippen LogP contribution in [0.4, 0.5) is 0 Å². The minimum Gasteiger partial charge on any atom is -0.379 e. The molecule has 1 aliphatic carbocycles. The predicted octanol–water partition coefficient (Wildman–Crippen LogP) is 4.13. The van der Waals surface area contributed by atoms with Crippen LogP contribution in [0.2, 0.25) is 10.0 Å². The Hall–Kier alpha value is -2.21. The van der Waals surface area contributed by atoms with Crippen molar-refractivity contribution in [1.29, 1.82) is 0 Å². The normalized spacial score (nSPS) is 24.4. The maximum absolute atomic E-state index is 13.5. The number of sulfonamides is 1. The Bertz CT molecular complexity index is 1380. The van der Waals surface area contributed by atoms with Gasteiger partial charge in [-0.2, -0.15) is 4.31 Å². The largest absolute Gasteiger partial charge is 0.379 e. The van der Waals surface area contributed by atoms with Crippen LogP contribution >= 0.6 is 23.2 Å². The third-order valence-electron chi connectivity index (χ3n) is 9.25. The molecule has 0 aromatic heterocycles. The molecule has 0 radical (unpaired) electrons. The molecular weight excluding hydrogens is 623 g/mol. The van der Waals surface area contributed by atoms with E-state index < -0.39 is 22.0 Å². The summed E-state index contributed by atoms with van der Waals surface area (Å²) in [5.41, 5.74) is 1.37. The van der Waals surface area contributed by atoms with Crippen molar-refractivity contribution in [2.45, 2.75) is 61.9 Å². The van der Waals surface area contributed by atoms with E-state index in [2.05, 4.69) is 45.9 Å². The number of nitrogens with zero attached hydrogens (tertiary/aromatic N) is 2. The van der Waals surface area contributed by atoms with Crippen LogP contribution in [-0.2, 0) is 30.8 Å². The lowest BCUT2D eigenvalue weighted by Crippen LogP contribution is -2.58. The third kappa shape index (κ3) is 8.33. The maximum atomic E-state index is 13.5. The fourth-order valence-electron chi connectivity index (χ4n) is 6.85. The molecule has 2 aliphatic heterocycles. The number of carbonyl (C=O) groups excluding carboxylic acids is 2. The van der Waals surface area contributed by atoms with E-state index in [1.807, 2.05) is 0 Å². The van der Waals surface area contributed by atoms with Crippen LogP contribution in [0.15, 0.2) is 53.4 Å². The summed E-state index contributed by atoms with van der Waals surface area (Å²) in [6.07, 6.45) is 6.19. The zero-order chi connectivity index (χ0) is 31.1. The summed E-state index contributed by atoms with van der Waals surface area (Å²) >= 11 is 12.2.